The second-order valence-corrected chi connectivity index (χ2v) is 8.05. The van der Waals surface area contributed by atoms with E-state index in [0.29, 0.717) is 19.6 Å². The van der Waals surface area contributed by atoms with Gasteiger partial charge in [0.25, 0.3) is 0 Å². The van der Waals surface area contributed by atoms with Gasteiger partial charge in [-0.2, -0.15) is 4.31 Å². The van der Waals surface area contributed by atoms with Gasteiger partial charge in [-0.15, -0.1) is 0 Å². The summed E-state index contributed by atoms with van der Waals surface area (Å²) in [4.78, 5) is 12.0. The highest BCUT2D eigenvalue weighted by Crippen LogP contribution is 2.26. The second kappa shape index (κ2) is 9.74. The highest BCUT2D eigenvalue weighted by atomic mass is 32.2. The average Bonchev–Trinajstić information content (AvgIpc) is 2.54. The molecule has 7 nitrogen and oxygen atoms in total. The normalized spacial score (nSPS) is 11.8. The van der Waals surface area contributed by atoms with E-state index < -0.39 is 10.0 Å². The maximum absolute atomic E-state index is 12.7. The number of amides is 1. The van der Waals surface area contributed by atoms with Crippen molar-refractivity contribution < 1.29 is 22.7 Å². The first-order chi connectivity index (χ1) is 11.7. The van der Waals surface area contributed by atoms with Gasteiger partial charge >= 0.3 is 0 Å². The van der Waals surface area contributed by atoms with E-state index in [0.717, 1.165) is 9.87 Å². The zero-order chi connectivity index (χ0) is 19.0. The van der Waals surface area contributed by atoms with Gasteiger partial charge in [0.2, 0.25) is 15.9 Å². The third kappa shape index (κ3) is 6.64. The van der Waals surface area contributed by atoms with Gasteiger partial charge in [0.05, 0.1) is 19.8 Å². The van der Waals surface area contributed by atoms with Crippen LogP contribution in [0.25, 0.3) is 0 Å². The van der Waals surface area contributed by atoms with Gasteiger partial charge < -0.3 is 14.8 Å². The Morgan fingerprint density at radius 3 is 2.60 bits per heavy atom. The minimum atomic E-state index is -3.82. The zero-order valence-electron chi connectivity index (χ0n) is 15.5. The molecule has 0 spiro atoms. The number of carbonyl (C=O) groups excluding carboxylic acids is 1. The Balaban J connectivity index is 2.65. The van der Waals surface area contributed by atoms with E-state index >= 15 is 0 Å². The summed E-state index contributed by atoms with van der Waals surface area (Å²) in [6.07, 6.45) is 0.822. The van der Waals surface area contributed by atoms with Gasteiger partial charge in [-0.1, -0.05) is 6.07 Å². The molecule has 25 heavy (non-hydrogen) atoms. The molecule has 0 saturated heterocycles. The number of sulfonamides is 1. The summed E-state index contributed by atoms with van der Waals surface area (Å²) < 4.78 is 36.9. The number of benzene rings is 1. The van der Waals surface area contributed by atoms with Gasteiger partial charge in [-0.05, 0) is 44.9 Å². The number of methoxy groups -OCH3 is 1. The molecule has 1 rings (SSSR count). The number of carbonyl (C=O) groups is 1. The number of nitrogens with one attached hydrogen (secondary N) is 1. The second-order valence-electron chi connectivity index (χ2n) is 6.04. The van der Waals surface area contributed by atoms with E-state index in [1.165, 1.54) is 20.2 Å². The van der Waals surface area contributed by atoms with Crippen LogP contribution < -0.4 is 10.1 Å². The quantitative estimate of drug-likeness (QED) is 0.630. The largest absolute Gasteiger partial charge is 0.495 e. The van der Waals surface area contributed by atoms with Crippen molar-refractivity contribution in [1.82, 2.24) is 9.62 Å². The first-order valence-corrected chi connectivity index (χ1v) is 9.61. The lowest BCUT2D eigenvalue weighted by molar-refractivity contribution is -0.121. The molecule has 0 fully saturated rings. The number of hydrogen-bond acceptors (Lipinski definition) is 5. The summed E-state index contributed by atoms with van der Waals surface area (Å²) in [7, 11) is -1.04. The fraction of sp³-hybridized carbons (Fsp3) is 0.588. The Kier molecular flexibility index (Phi) is 8.34. The molecule has 1 N–H and O–H groups in total. The Bertz CT molecular complexity index is 674. The van der Waals surface area contributed by atoms with Crippen molar-refractivity contribution in [2.45, 2.75) is 38.2 Å². The number of rotatable bonds is 10. The summed E-state index contributed by atoms with van der Waals surface area (Å²) in [5.74, 6) is -0.106. The lowest BCUT2D eigenvalue weighted by atomic mass is 10.2. The molecule has 0 saturated carbocycles. The number of nitrogens with zero attached hydrogens (tertiary/aromatic N) is 1. The predicted molar refractivity (Wildman–Crippen MR) is 96.3 cm³/mol. The van der Waals surface area contributed by atoms with E-state index in [4.69, 9.17) is 9.47 Å². The van der Waals surface area contributed by atoms with Crippen molar-refractivity contribution in [2.75, 3.05) is 33.9 Å². The van der Waals surface area contributed by atoms with Gasteiger partial charge in [-0.3, -0.25) is 4.79 Å². The standard InChI is InChI=1S/C17H28N2O5S/c1-13(2)24-10-6-9-18-17(20)12-19(4)25(21,22)16-11-14(3)7-8-15(16)23-5/h7-8,11,13H,6,9-10,12H2,1-5H3,(H,18,20). The summed E-state index contributed by atoms with van der Waals surface area (Å²) in [6.45, 7) is 6.41. The molecule has 1 amide bonds. The minimum Gasteiger partial charge on any atom is -0.495 e. The zero-order valence-corrected chi connectivity index (χ0v) is 16.4. The van der Waals surface area contributed by atoms with E-state index in [1.54, 1.807) is 19.1 Å². The Hall–Kier alpha value is -1.64. The van der Waals surface area contributed by atoms with Gasteiger partial charge in [-0.25, -0.2) is 8.42 Å². The van der Waals surface area contributed by atoms with Gasteiger partial charge in [0.1, 0.15) is 10.6 Å². The van der Waals surface area contributed by atoms with Crippen molar-refractivity contribution >= 4 is 15.9 Å². The summed E-state index contributed by atoms with van der Waals surface area (Å²) in [6, 6.07) is 4.90. The number of ether oxygens (including phenoxy) is 2. The van der Waals surface area contributed by atoms with Crippen LogP contribution in [-0.4, -0.2) is 58.6 Å². The van der Waals surface area contributed by atoms with Crippen LogP contribution in [-0.2, 0) is 19.6 Å². The third-order valence-corrected chi connectivity index (χ3v) is 5.29. The molecule has 0 bridgehead atoms. The number of hydrogen-bond donors (Lipinski definition) is 1. The fourth-order valence-corrected chi connectivity index (χ4v) is 3.48. The van der Waals surface area contributed by atoms with E-state index in [9.17, 15) is 13.2 Å². The van der Waals surface area contributed by atoms with Crippen molar-refractivity contribution in [3.8, 4) is 5.75 Å². The Labute approximate surface area is 150 Å². The van der Waals surface area contributed by atoms with Crippen LogP contribution in [0, 0.1) is 6.92 Å². The van der Waals surface area contributed by atoms with E-state index in [-0.39, 0.29) is 29.2 Å². The average molecular weight is 372 g/mol. The predicted octanol–water partition coefficient (Wildman–Crippen LogP) is 1.56. The maximum atomic E-state index is 12.7. The lowest BCUT2D eigenvalue weighted by Gasteiger charge is -2.19. The van der Waals surface area contributed by atoms with E-state index in [2.05, 4.69) is 5.32 Å². The van der Waals surface area contributed by atoms with Crippen molar-refractivity contribution in [2.24, 2.45) is 0 Å². The molecule has 1 aromatic carbocycles. The molecule has 8 heteroatoms. The summed E-state index contributed by atoms with van der Waals surface area (Å²) in [5, 5.41) is 2.69. The topological polar surface area (TPSA) is 84.9 Å². The van der Waals surface area contributed by atoms with Crippen LogP contribution >= 0.6 is 0 Å². The molecule has 0 heterocycles. The Morgan fingerprint density at radius 2 is 2.00 bits per heavy atom. The number of likely N-dealkylation sites (N-methyl/N-ethyl adjacent to an activating group) is 1. The van der Waals surface area contributed by atoms with Crippen LogP contribution in [0.5, 0.6) is 5.75 Å². The Morgan fingerprint density at radius 1 is 1.32 bits per heavy atom. The van der Waals surface area contributed by atoms with Crippen LogP contribution in [0.1, 0.15) is 25.8 Å². The molecule has 1 aromatic rings. The third-order valence-electron chi connectivity index (χ3n) is 3.47. The fourth-order valence-electron chi connectivity index (χ4n) is 2.12. The molecule has 0 aliphatic heterocycles. The molecule has 0 aliphatic carbocycles. The SMILES string of the molecule is COc1ccc(C)cc1S(=O)(=O)N(C)CC(=O)NCCCOC(C)C. The molecule has 0 aromatic heterocycles. The van der Waals surface area contributed by atoms with Crippen LogP contribution in [0.4, 0.5) is 0 Å². The molecular weight excluding hydrogens is 344 g/mol. The van der Waals surface area contributed by atoms with Crippen molar-refractivity contribution in [3.63, 3.8) is 0 Å². The van der Waals surface area contributed by atoms with Crippen molar-refractivity contribution in [3.05, 3.63) is 23.8 Å². The van der Waals surface area contributed by atoms with Crippen LogP contribution in [0.2, 0.25) is 0 Å². The van der Waals surface area contributed by atoms with Crippen LogP contribution in [0.3, 0.4) is 0 Å². The summed E-state index contributed by atoms with van der Waals surface area (Å²) in [5.41, 5.74) is 0.794. The highest BCUT2D eigenvalue weighted by molar-refractivity contribution is 7.89. The van der Waals surface area contributed by atoms with E-state index in [1.807, 2.05) is 13.8 Å². The monoisotopic (exact) mass is 372 g/mol. The smallest absolute Gasteiger partial charge is 0.246 e. The summed E-state index contributed by atoms with van der Waals surface area (Å²) >= 11 is 0. The molecule has 142 valence electrons. The molecule has 0 aliphatic rings. The molecule has 0 atom stereocenters. The lowest BCUT2D eigenvalue weighted by Crippen LogP contribution is -2.39. The van der Waals surface area contributed by atoms with Gasteiger partial charge in [0.15, 0.2) is 0 Å². The first kappa shape index (κ1) is 21.4. The van der Waals surface area contributed by atoms with Crippen molar-refractivity contribution in [1.29, 1.82) is 0 Å². The van der Waals surface area contributed by atoms with Crippen LogP contribution in [0.15, 0.2) is 23.1 Å². The van der Waals surface area contributed by atoms with Gasteiger partial charge in [0, 0.05) is 20.2 Å². The molecular formula is C17H28N2O5S. The number of aryl methyl sites for hydroxylation is 1. The minimum absolute atomic E-state index is 0.0515. The first-order valence-electron chi connectivity index (χ1n) is 8.17. The maximum Gasteiger partial charge on any atom is 0.246 e. The highest BCUT2D eigenvalue weighted by Gasteiger charge is 2.26. The molecule has 0 radical (unpaired) electrons. The molecule has 0 unspecified atom stereocenters.